The molecule has 1 atom stereocenters. The summed E-state index contributed by atoms with van der Waals surface area (Å²) in [7, 11) is 0. The summed E-state index contributed by atoms with van der Waals surface area (Å²) in [5.74, 6) is 2.32. The molecule has 26 heavy (non-hydrogen) atoms. The molecule has 2 aromatic rings. The van der Waals surface area contributed by atoms with Crippen LogP contribution in [-0.2, 0) is 0 Å². The lowest BCUT2D eigenvalue weighted by molar-refractivity contribution is 0.208. The average Bonchev–Trinajstić information content (AvgIpc) is 2.75. The summed E-state index contributed by atoms with van der Waals surface area (Å²) in [5, 5.41) is 9.46. The molecule has 0 amide bonds. The van der Waals surface area contributed by atoms with Crippen molar-refractivity contribution < 1.29 is 5.11 Å². The molecular weight excluding hydrogens is 324 g/mol. The Morgan fingerprint density at radius 1 is 1.04 bits per heavy atom. The molecule has 0 spiro atoms. The van der Waals surface area contributed by atoms with Crippen molar-refractivity contribution in [1.29, 1.82) is 0 Å². The number of rotatable bonds is 4. The molecule has 0 aliphatic carbocycles. The fraction of sp³-hybridized carbons (Fsp3) is 0.429. The van der Waals surface area contributed by atoms with Gasteiger partial charge in [-0.25, -0.2) is 9.97 Å². The molecule has 1 aromatic heterocycles. The van der Waals surface area contributed by atoms with E-state index in [1.165, 1.54) is 11.1 Å². The van der Waals surface area contributed by atoms with Crippen molar-refractivity contribution >= 4 is 17.2 Å². The Labute approximate surface area is 155 Å². The molecule has 5 nitrogen and oxygen atoms in total. The standard InChI is InChI=1S/C21H26N4O/c26-15-17-5-4-10-25(14-17)21-13-20(22-16-23-21)24-11-8-19(9-12-24)18-6-2-1-3-7-18/h1-3,6-8,13,16-17,26H,4-5,9-12,14-15H2. The maximum Gasteiger partial charge on any atom is 0.134 e. The first-order valence-corrected chi connectivity index (χ1v) is 9.51. The maximum absolute atomic E-state index is 9.46. The Balaban J connectivity index is 1.47. The lowest BCUT2D eigenvalue weighted by atomic mass is 9.99. The van der Waals surface area contributed by atoms with E-state index >= 15 is 0 Å². The molecule has 3 heterocycles. The highest BCUT2D eigenvalue weighted by Gasteiger charge is 2.21. The summed E-state index contributed by atoms with van der Waals surface area (Å²) in [6, 6.07) is 12.7. The molecule has 136 valence electrons. The molecule has 0 radical (unpaired) electrons. The number of hydrogen-bond donors (Lipinski definition) is 1. The summed E-state index contributed by atoms with van der Waals surface area (Å²) < 4.78 is 0. The van der Waals surface area contributed by atoms with Gasteiger partial charge >= 0.3 is 0 Å². The van der Waals surface area contributed by atoms with Crippen molar-refractivity contribution in [3.63, 3.8) is 0 Å². The number of aliphatic hydroxyl groups is 1. The monoisotopic (exact) mass is 350 g/mol. The summed E-state index contributed by atoms with van der Waals surface area (Å²) in [6.45, 7) is 3.99. The number of nitrogens with zero attached hydrogens (tertiary/aromatic N) is 4. The maximum atomic E-state index is 9.46. The van der Waals surface area contributed by atoms with E-state index in [1.807, 2.05) is 0 Å². The SMILES string of the molecule is OCC1CCCN(c2cc(N3CC=C(c4ccccc4)CC3)ncn2)C1. The Morgan fingerprint density at radius 3 is 2.58 bits per heavy atom. The van der Waals surface area contributed by atoms with E-state index in [-0.39, 0.29) is 6.61 Å². The van der Waals surface area contributed by atoms with Gasteiger partial charge in [-0.3, -0.25) is 0 Å². The van der Waals surface area contributed by atoms with Crippen LogP contribution in [-0.4, -0.2) is 47.9 Å². The summed E-state index contributed by atoms with van der Waals surface area (Å²) in [6.07, 6.45) is 7.22. The molecular formula is C21H26N4O. The largest absolute Gasteiger partial charge is 0.396 e. The average molecular weight is 350 g/mol. The number of piperidine rings is 1. The molecule has 0 saturated carbocycles. The van der Waals surface area contributed by atoms with Gasteiger partial charge in [-0.15, -0.1) is 0 Å². The molecule has 1 saturated heterocycles. The Kier molecular flexibility index (Phi) is 5.16. The highest BCUT2D eigenvalue weighted by molar-refractivity contribution is 5.68. The Bertz CT molecular complexity index is 762. The second kappa shape index (κ2) is 7.87. The zero-order valence-electron chi connectivity index (χ0n) is 15.1. The lowest BCUT2D eigenvalue weighted by Gasteiger charge is -2.33. The number of anilines is 2. The molecule has 5 heteroatoms. The van der Waals surface area contributed by atoms with Gasteiger partial charge in [0.2, 0.25) is 0 Å². The van der Waals surface area contributed by atoms with E-state index in [4.69, 9.17) is 0 Å². The first-order valence-electron chi connectivity index (χ1n) is 9.51. The third-order valence-corrected chi connectivity index (χ3v) is 5.42. The first-order chi connectivity index (χ1) is 12.8. The van der Waals surface area contributed by atoms with Gasteiger partial charge in [-0.1, -0.05) is 36.4 Å². The van der Waals surface area contributed by atoms with Gasteiger partial charge in [-0.2, -0.15) is 0 Å². The van der Waals surface area contributed by atoms with Crippen LogP contribution in [0.1, 0.15) is 24.8 Å². The zero-order chi connectivity index (χ0) is 17.8. The molecule has 2 aliphatic rings. The van der Waals surface area contributed by atoms with Crippen LogP contribution in [0, 0.1) is 5.92 Å². The minimum absolute atomic E-state index is 0.258. The van der Waals surface area contributed by atoms with Crippen molar-refractivity contribution in [3.05, 3.63) is 54.4 Å². The van der Waals surface area contributed by atoms with Gasteiger partial charge in [0.15, 0.2) is 0 Å². The zero-order valence-corrected chi connectivity index (χ0v) is 15.1. The van der Waals surface area contributed by atoms with E-state index in [0.29, 0.717) is 5.92 Å². The summed E-state index contributed by atoms with van der Waals surface area (Å²) in [5.41, 5.74) is 2.73. The van der Waals surface area contributed by atoms with Gasteiger partial charge in [0.25, 0.3) is 0 Å². The summed E-state index contributed by atoms with van der Waals surface area (Å²) >= 11 is 0. The van der Waals surface area contributed by atoms with Gasteiger partial charge in [0.05, 0.1) is 0 Å². The van der Waals surface area contributed by atoms with Crippen molar-refractivity contribution in [2.45, 2.75) is 19.3 Å². The van der Waals surface area contributed by atoms with Crippen LogP contribution in [0.25, 0.3) is 5.57 Å². The molecule has 1 fully saturated rings. The molecule has 0 bridgehead atoms. The van der Waals surface area contributed by atoms with E-state index < -0.39 is 0 Å². The second-order valence-corrected chi connectivity index (χ2v) is 7.16. The van der Waals surface area contributed by atoms with E-state index in [9.17, 15) is 5.11 Å². The highest BCUT2D eigenvalue weighted by atomic mass is 16.3. The third-order valence-electron chi connectivity index (χ3n) is 5.42. The minimum Gasteiger partial charge on any atom is -0.396 e. The quantitative estimate of drug-likeness (QED) is 0.919. The number of aliphatic hydroxyl groups excluding tert-OH is 1. The van der Waals surface area contributed by atoms with Crippen LogP contribution in [0.2, 0.25) is 0 Å². The summed E-state index contributed by atoms with van der Waals surface area (Å²) in [4.78, 5) is 13.6. The topological polar surface area (TPSA) is 52.5 Å². The van der Waals surface area contributed by atoms with Crippen LogP contribution in [0.4, 0.5) is 11.6 Å². The van der Waals surface area contributed by atoms with Crippen LogP contribution < -0.4 is 9.80 Å². The van der Waals surface area contributed by atoms with Crippen molar-refractivity contribution in [2.24, 2.45) is 5.92 Å². The van der Waals surface area contributed by atoms with Crippen LogP contribution in [0.3, 0.4) is 0 Å². The van der Waals surface area contributed by atoms with E-state index in [2.05, 4.69) is 62.2 Å². The number of benzene rings is 1. The molecule has 1 aromatic carbocycles. The predicted molar refractivity (Wildman–Crippen MR) is 105 cm³/mol. The van der Waals surface area contributed by atoms with Crippen LogP contribution in [0.5, 0.6) is 0 Å². The lowest BCUT2D eigenvalue weighted by Crippen LogP contribution is -2.37. The molecule has 1 N–H and O–H groups in total. The van der Waals surface area contributed by atoms with Crippen molar-refractivity contribution in [2.75, 3.05) is 42.6 Å². The molecule has 1 unspecified atom stereocenters. The second-order valence-electron chi connectivity index (χ2n) is 7.16. The van der Waals surface area contributed by atoms with Gasteiger partial charge < -0.3 is 14.9 Å². The number of aromatic nitrogens is 2. The Hall–Kier alpha value is -2.40. The van der Waals surface area contributed by atoms with E-state index in [1.54, 1.807) is 6.33 Å². The smallest absolute Gasteiger partial charge is 0.134 e. The molecule has 4 rings (SSSR count). The van der Waals surface area contributed by atoms with Crippen molar-refractivity contribution in [1.82, 2.24) is 9.97 Å². The fourth-order valence-corrected chi connectivity index (χ4v) is 3.90. The normalized spacial score (nSPS) is 20.8. The van der Waals surface area contributed by atoms with Gasteiger partial charge in [0, 0.05) is 38.9 Å². The predicted octanol–water partition coefficient (Wildman–Crippen LogP) is 2.98. The molecule has 2 aliphatic heterocycles. The van der Waals surface area contributed by atoms with Crippen LogP contribution in [0.15, 0.2) is 48.8 Å². The highest BCUT2D eigenvalue weighted by Crippen LogP contribution is 2.27. The van der Waals surface area contributed by atoms with Gasteiger partial charge in [0.1, 0.15) is 18.0 Å². The van der Waals surface area contributed by atoms with Crippen LogP contribution >= 0.6 is 0 Å². The number of hydrogen-bond acceptors (Lipinski definition) is 5. The van der Waals surface area contributed by atoms with E-state index in [0.717, 1.165) is 57.1 Å². The van der Waals surface area contributed by atoms with Gasteiger partial charge in [-0.05, 0) is 36.3 Å². The first kappa shape index (κ1) is 17.0. The minimum atomic E-state index is 0.258. The fourth-order valence-electron chi connectivity index (χ4n) is 3.90. The van der Waals surface area contributed by atoms with Crippen molar-refractivity contribution in [3.8, 4) is 0 Å². The Morgan fingerprint density at radius 2 is 1.85 bits per heavy atom. The third kappa shape index (κ3) is 3.73.